The van der Waals surface area contributed by atoms with E-state index in [1.54, 1.807) is 0 Å². The lowest BCUT2D eigenvalue weighted by molar-refractivity contribution is 0.0912. The maximum atomic E-state index is 8.97. The van der Waals surface area contributed by atoms with E-state index < -0.39 is 0 Å². The number of piperidine rings is 2. The van der Waals surface area contributed by atoms with Crippen LogP contribution in [-0.2, 0) is 6.54 Å². The van der Waals surface area contributed by atoms with Crippen molar-refractivity contribution in [2.45, 2.75) is 70.4 Å². The van der Waals surface area contributed by atoms with Crippen LogP contribution in [0.5, 0.6) is 5.75 Å². The van der Waals surface area contributed by atoms with Crippen molar-refractivity contribution in [2.75, 3.05) is 59.0 Å². The molecule has 4 rings (SSSR count). The highest BCUT2D eigenvalue weighted by Gasteiger charge is 2.28. The first-order chi connectivity index (χ1) is 15.8. The third-order valence-corrected chi connectivity index (χ3v) is 7.78. The van der Waals surface area contributed by atoms with E-state index in [0.29, 0.717) is 6.61 Å². The molecule has 2 aliphatic heterocycles. The molecule has 5 nitrogen and oxygen atoms in total. The fraction of sp³-hybridized carbons (Fsp3) is 0.778. The molecule has 0 radical (unpaired) electrons. The third-order valence-electron chi connectivity index (χ3n) is 7.78. The van der Waals surface area contributed by atoms with Crippen LogP contribution in [0.3, 0.4) is 0 Å². The van der Waals surface area contributed by atoms with Crippen molar-refractivity contribution in [3.63, 3.8) is 0 Å². The van der Waals surface area contributed by atoms with Gasteiger partial charge >= 0.3 is 0 Å². The molecule has 3 fully saturated rings. The number of rotatable bonds is 11. The number of hydrogen-bond donors (Lipinski definition) is 1. The normalized spacial score (nSPS) is 23.8. The molecule has 0 bridgehead atoms. The second-order valence-electron chi connectivity index (χ2n) is 10.3. The molecule has 1 N–H and O–H groups in total. The number of ether oxygens (including phenoxy) is 1. The highest BCUT2D eigenvalue weighted by molar-refractivity contribution is 5.27. The second-order valence-corrected chi connectivity index (χ2v) is 10.3. The molecule has 32 heavy (non-hydrogen) atoms. The Morgan fingerprint density at radius 3 is 2.44 bits per heavy atom. The largest absolute Gasteiger partial charge is 0.491 e. The second kappa shape index (κ2) is 12.9. The molecular formula is C27H45N3O2. The van der Waals surface area contributed by atoms with Crippen molar-refractivity contribution in [3.05, 3.63) is 29.8 Å². The van der Waals surface area contributed by atoms with Gasteiger partial charge in [0.15, 0.2) is 0 Å². The number of hydrogen-bond acceptors (Lipinski definition) is 5. The third kappa shape index (κ3) is 7.44. The summed E-state index contributed by atoms with van der Waals surface area (Å²) < 4.78 is 5.55. The van der Waals surface area contributed by atoms with Crippen molar-refractivity contribution in [2.24, 2.45) is 5.92 Å². The van der Waals surface area contributed by atoms with Gasteiger partial charge in [-0.3, -0.25) is 4.90 Å². The van der Waals surface area contributed by atoms with E-state index in [1.807, 2.05) is 0 Å². The fourth-order valence-corrected chi connectivity index (χ4v) is 6.03. The minimum absolute atomic E-state index is 0.0608. The molecule has 0 aromatic heterocycles. The summed E-state index contributed by atoms with van der Waals surface area (Å²) in [4.78, 5) is 8.23. The maximum Gasteiger partial charge on any atom is 0.119 e. The lowest BCUT2D eigenvalue weighted by atomic mass is 9.95. The number of benzene rings is 1. The first-order valence-electron chi connectivity index (χ1n) is 13.3. The number of nitrogens with zero attached hydrogens (tertiary/aromatic N) is 3. The minimum Gasteiger partial charge on any atom is -0.491 e. The maximum absolute atomic E-state index is 8.97. The predicted molar refractivity (Wildman–Crippen MR) is 131 cm³/mol. The molecule has 2 saturated heterocycles. The summed E-state index contributed by atoms with van der Waals surface area (Å²) in [7, 11) is 0. The van der Waals surface area contributed by atoms with Crippen molar-refractivity contribution >= 4 is 0 Å². The van der Waals surface area contributed by atoms with Crippen LogP contribution in [0.1, 0.15) is 63.4 Å². The zero-order valence-electron chi connectivity index (χ0n) is 20.1. The number of aliphatic hydroxyl groups is 1. The standard InChI is InChI=1S/C27H45N3O2/c31-19-20-32-27-12-10-24(11-13-27)21-29(18-17-28-14-4-1-5-15-28)22-25-7-6-16-30(23-25)26-8-2-3-9-26/h10-13,25-26,31H,1-9,14-23H2. The van der Waals surface area contributed by atoms with Crippen LogP contribution in [0.2, 0.25) is 0 Å². The summed E-state index contributed by atoms with van der Waals surface area (Å²) in [5.74, 6) is 1.65. The summed E-state index contributed by atoms with van der Waals surface area (Å²) in [6.07, 6.45) is 12.6. The number of likely N-dealkylation sites (tertiary alicyclic amines) is 2. The van der Waals surface area contributed by atoms with Crippen LogP contribution in [-0.4, -0.2) is 84.9 Å². The SMILES string of the molecule is OCCOc1ccc(CN(CCN2CCCCC2)CC2CCCN(C3CCCC3)C2)cc1. The minimum atomic E-state index is 0.0608. The van der Waals surface area contributed by atoms with E-state index in [-0.39, 0.29) is 6.61 Å². The van der Waals surface area contributed by atoms with E-state index in [0.717, 1.165) is 24.3 Å². The molecule has 5 heteroatoms. The number of aliphatic hydroxyl groups excluding tert-OH is 1. The fourth-order valence-electron chi connectivity index (χ4n) is 6.03. The highest BCUT2D eigenvalue weighted by Crippen LogP contribution is 2.28. The molecule has 0 spiro atoms. The Hall–Kier alpha value is -1.14. The topological polar surface area (TPSA) is 39.2 Å². The van der Waals surface area contributed by atoms with Gasteiger partial charge in [-0.15, -0.1) is 0 Å². The Balaban J connectivity index is 1.34. The van der Waals surface area contributed by atoms with E-state index in [9.17, 15) is 0 Å². The van der Waals surface area contributed by atoms with E-state index in [4.69, 9.17) is 9.84 Å². The molecule has 3 aliphatic rings. The smallest absolute Gasteiger partial charge is 0.119 e. The summed E-state index contributed by atoms with van der Waals surface area (Å²) in [5.41, 5.74) is 1.36. The first kappa shape index (κ1) is 24.0. The summed E-state index contributed by atoms with van der Waals surface area (Å²) in [5, 5.41) is 8.97. The molecular weight excluding hydrogens is 398 g/mol. The lowest BCUT2D eigenvalue weighted by Gasteiger charge is -2.39. The average Bonchev–Trinajstić information content (AvgIpc) is 3.38. The van der Waals surface area contributed by atoms with Crippen LogP contribution in [0, 0.1) is 5.92 Å². The van der Waals surface area contributed by atoms with Gasteiger partial charge in [-0.2, -0.15) is 0 Å². The molecule has 2 heterocycles. The van der Waals surface area contributed by atoms with E-state index in [2.05, 4.69) is 39.0 Å². The molecule has 1 atom stereocenters. The van der Waals surface area contributed by atoms with Crippen molar-refractivity contribution < 1.29 is 9.84 Å². The van der Waals surface area contributed by atoms with Crippen LogP contribution < -0.4 is 4.74 Å². The van der Waals surface area contributed by atoms with Crippen LogP contribution >= 0.6 is 0 Å². The van der Waals surface area contributed by atoms with Gasteiger partial charge in [-0.1, -0.05) is 31.4 Å². The highest BCUT2D eigenvalue weighted by atomic mass is 16.5. The van der Waals surface area contributed by atoms with Gasteiger partial charge in [0.25, 0.3) is 0 Å². The Morgan fingerprint density at radius 2 is 1.69 bits per heavy atom. The predicted octanol–water partition coefficient (Wildman–Crippen LogP) is 4.00. The Kier molecular flexibility index (Phi) is 9.70. The van der Waals surface area contributed by atoms with Crippen molar-refractivity contribution in [1.82, 2.24) is 14.7 Å². The zero-order valence-corrected chi connectivity index (χ0v) is 20.1. The Morgan fingerprint density at radius 1 is 0.906 bits per heavy atom. The van der Waals surface area contributed by atoms with Crippen LogP contribution in [0.4, 0.5) is 0 Å². The average molecular weight is 444 g/mol. The van der Waals surface area contributed by atoms with E-state index >= 15 is 0 Å². The first-order valence-corrected chi connectivity index (χ1v) is 13.3. The molecule has 1 aliphatic carbocycles. The van der Waals surface area contributed by atoms with Crippen LogP contribution in [0.15, 0.2) is 24.3 Å². The van der Waals surface area contributed by atoms with Crippen molar-refractivity contribution in [3.8, 4) is 5.75 Å². The van der Waals surface area contributed by atoms with Gasteiger partial charge in [-0.05, 0) is 81.8 Å². The van der Waals surface area contributed by atoms with Gasteiger partial charge in [-0.25, -0.2) is 0 Å². The Labute approximate surface area is 195 Å². The quantitative estimate of drug-likeness (QED) is 0.560. The monoisotopic (exact) mass is 443 g/mol. The molecule has 1 aromatic rings. The summed E-state index contributed by atoms with van der Waals surface area (Å²) in [6, 6.07) is 9.37. The molecule has 180 valence electrons. The van der Waals surface area contributed by atoms with Crippen molar-refractivity contribution in [1.29, 1.82) is 0 Å². The van der Waals surface area contributed by atoms with Gasteiger partial charge in [0, 0.05) is 38.8 Å². The molecule has 1 aromatic carbocycles. The van der Waals surface area contributed by atoms with E-state index in [1.165, 1.54) is 109 Å². The summed E-state index contributed by atoms with van der Waals surface area (Å²) >= 11 is 0. The molecule has 1 saturated carbocycles. The van der Waals surface area contributed by atoms with Crippen LogP contribution in [0.25, 0.3) is 0 Å². The van der Waals surface area contributed by atoms with Gasteiger partial charge in [0.1, 0.15) is 12.4 Å². The zero-order chi connectivity index (χ0) is 22.0. The van der Waals surface area contributed by atoms with Gasteiger partial charge in [0.05, 0.1) is 6.61 Å². The lowest BCUT2D eigenvalue weighted by Crippen LogP contribution is -2.46. The van der Waals surface area contributed by atoms with Gasteiger partial charge < -0.3 is 19.6 Å². The Bertz CT molecular complexity index is 641. The summed E-state index contributed by atoms with van der Waals surface area (Å²) in [6.45, 7) is 10.2. The van der Waals surface area contributed by atoms with Gasteiger partial charge in [0.2, 0.25) is 0 Å². The molecule has 1 unspecified atom stereocenters. The molecule has 0 amide bonds.